The fraction of sp³-hybridized carbons (Fsp3) is 0.286. The van der Waals surface area contributed by atoms with E-state index in [-0.39, 0.29) is 11.7 Å². The molecule has 2 aromatic rings. The average Bonchev–Trinajstić information content (AvgIpc) is 3.09. The Bertz CT molecular complexity index is 661. The van der Waals surface area contributed by atoms with Gasteiger partial charge >= 0.3 is 5.82 Å². The summed E-state index contributed by atoms with van der Waals surface area (Å²) in [6.45, 7) is 2.42. The van der Waals surface area contributed by atoms with Gasteiger partial charge in [-0.2, -0.15) is 0 Å². The Kier molecular flexibility index (Phi) is 3.73. The number of nitro groups is 1. The maximum Gasteiger partial charge on any atom is 0.363 e. The molecule has 0 bridgehead atoms. The van der Waals surface area contributed by atoms with Crippen LogP contribution in [0.3, 0.4) is 0 Å². The van der Waals surface area contributed by atoms with E-state index >= 15 is 0 Å². The van der Waals surface area contributed by atoms with E-state index in [0.717, 1.165) is 5.69 Å². The van der Waals surface area contributed by atoms with Gasteiger partial charge in [-0.1, -0.05) is 0 Å². The van der Waals surface area contributed by atoms with Crippen LogP contribution in [-0.2, 0) is 0 Å². The van der Waals surface area contributed by atoms with Crippen LogP contribution in [-0.4, -0.2) is 46.9 Å². The lowest BCUT2D eigenvalue weighted by atomic mass is 10.2. The van der Waals surface area contributed by atoms with Crippen molar-refractivity contribution in [1.29, 1.82) is 0 Å². The van der Waals surface area contributed by atoms with Crippen LogP contribution in [0.4, 0.5) is 11.5 Å². The van der Waals surface area contributed by atoms with Crippen LogP contribution in [0, 0.1) is 10.1 Å². The van der Waals surface area contributed by atoms with Gasteiger partial charge in [0.05, 0.1) is 12.0 Å². The van der Waals surface area contributed by atoms with E-state index in [9.17, 15) is 14.9 Å². The van der Waals surface area contributed by atoms with Crippen LogP contribution >= 0.6 is 0 Å². The van der Waals surface area contributed by atoms with E-state index in [0.29, 0.717) is 31.9 Å². The minimum absolute atomic E-state index is 0.119. The summed E-state index contributed by atoms with van der Waals surface area (Å²) < 4.78 is 5.12. The SMILES string of the molecule is O=C(c1ccco1)N1CCN(c2ccc([N+](=O)[O-])nc2)CC1. The van der Waals surface area contributed by atoms with Crippen molar-refractivity contribution < 1.29 is 14.1 Å². The van der Waals surface area contributed by atoms with Crippen LogP contribution in [0.1, 0.15) is 10.6 Å². The highest BCUT2D eigenvalue weighted by Crippen LogP contribution is 2.19. The quantitative estimate of drug-likeness (QED) is 0.631. The second-order valence-corrected chi connectivity index (χ2v) is 4.89. The van der Waals surface area contributed by atoms with Crippen molar-refractivity contribution in [3.8, 4) is 0 Å². The number of hydrogen-bond acceptors (Lipinski definition) is 6. The lowest BCUT2D eigenvalue weighted by Gasteiger charge is -2.35. The normalized spacial score (nSPS) is 14.9. The molecule has 1 fully saturated rings. The van der Waals surface area contributed by atoms with E-state index in [2.05, 4.69) is 4.98 Å². The highest BCUT2D eigenvalue weighted by molar-refractivity contribution is 5.91. The first-order valence-corrected chi connectivity index (χ1v) is 6.83. The van der Waals surface area contributed by atoms with Gasteiger partial charge in [-0.3, -0.25) is 4.79 Å². The Labute approximate surface area is 126 Å². The number of amides is 1. The van der Waals surface area contributed by atoms with Gasteiger partial charge in [0.25, 0.3) is 5.91 Å². The molecule has 0 aromatic carbocycles. The predicted molar refractivity (Wildman–Crippen MR) is 77.7 cm³/mol. The number of rotatable bonds is 3. The molecule has 0 saturated carbocycles. The number of piperazine rings is 1. The number of nitrogens with zero attached hydrogens (tertiary/aromatic N) is 4. The molecule has 3 rings (SSSR count). The molecule has 1 saturated heterocycles. The van der Waals surface area contributed by atoms with Crippen LogP contribution in [0.5, 0.6) is 0 Å². The second-order valence-electron chi connectivity index (χ2n) is 4.89. The number of pyridine rings is 1. The van der Waals surface area contributed by atoms with Crippen molar-refractivity contribution >= 4 is 17.4 Å². The van der Waals surface area contributed by atoms with Crippen LogP contribution in [0.2, 0.25) is 0 Å². The van der Waals surface area contributed by atoms with Crippen LogP contribution < -0.4 is 4.90 Å². The van der Waals surface area contributed by atoms with Crippen LogP contribution in [0.25, 0.3) is 0 Å². The number of anilines is 1. The van der Waals surface area contributed by atoms with E-state index in [1.165, 1.54) is 18.5 Å². The highest BCUT2D eigenvalue weighted by atomic mass is 16.6. The largest absolute Gasteiger partial charge is 0.459 e. The van der Waals surface area contributed by atoms with Gasteiger partial charge in [0, 0.05) is 32.2 Å². The van der Waals surface area contributed by atoms with E-state index < -0.39 is 4.92 Å². The summed E-state index contributed by atoms with van der Waals surface area (Å²) in [5.74, 6) is 0.0484. The third kappa shape index (κ3) is 2.76. The highest BCUT2D eigenvalue weighted by Gasteiger charge is 2.24. The van der Waals surface area contributed by atoms with Crippen molar-refractivity contribution in [2.24, 2.45) is 0 Å². The molecule has 8 nitrogen and oxygen atoms in total. The summed E-state index contributed by atoms with van der Waals surface area (Å²) in [6.07, 6.45) is 2.97. The maximum absolute atomic E-state index is 12.1. The first-order chi connectivity index (χ1) is 10.6. The zero-order valence-corrected chi connectivity index (χ0v) is 11.7. The molecule has 8 heteroatoms. The molecule has 2 aromatic heterocycles. The Morgan fingerprint density at radius 3 is 2.55 bits per heavy atom. The first-order valence-electron chi connectivity index (χ1n) is 6.83. The molecule has 0 radical (unpaired) electrons. The standard InChI is InChI=1S/C14H14N4O4/c19-14(12-2-1-9-22-12)17-7-5-16(6-8-17)11-3-4-13(15-10-11)18(20)21/h1-4,9-10H,5-8H2. The molecule has 1 amide bonds. The summed E-state index contributed by atoms with van der Waals surface area (Å²) in [5, 5.41) is 10.6. The summed E-state index contributed by atoms with van der Waals surface area (Å²) in [5.41, 5.74) is 0.815. The van der Waals surface area contributed by atoms with E-state index in [1.54, 1.807) is 23.1 Å². The van der Waals surface area contributed by atoms with Gasteiger partial charge in [0.1, 0.15) is 0 Å². The van der Waals surface area contributed by atoms with Gasteiger partial charge in [-0.25, -0.2) is 0 Å². The van der Waals surface area contributed by atoms with Crippen molar-refractivity contribution in [3.63, 3.8) is 0 Å². The third-order valence-corrected chi connectivity index (χ3v) is 3.58. The Morgan fingerprint density at radius 1 is 1.23 bits per heavy atom. The lowest BCUT2D eigenvalue weighted by Crippen LogP contribution is -2.48. The minimum atomic E-state index is -0.524. The topological polar surface area (TPSA) is 92.7 Å². The fourth-order valence-corrected chi connectivity index (χ4v) is 2.40. The second kappa shape index (κ2) is 5.84. The van der Waals surface area contributed by atoms with Crippen molar-refractivity contribution in [2.45, 2.75) is 0 Å². The third-order valence-electron chi connectivity index (χ3n) is 3.58. The monoisotopic (exact) mass is 302 g/mol. The number of furan rings is 1. The van der Waals surface area contributed by atoms with Gasteiger partial charge in [0.2, 0.25) is 0 Å². The number of hydrogen-bond donors (Lipinski definition) is 0. The molecule has 0 aliphatic carbocycles. The number of aromatic nitrogens is 1. The smallest absolute Gasteiger partial charge is 0.363 e. The Balaban J connectivity index is 1.62. The lowest BCUT2D eigenvalue weighted by molar-refractivity contribution is -0.389. The summed E-state index contributed by atoms with van der Waals surface area (Å²) >= 11 is 0. The van der Waals surface area contributed by atoms with Gasteiger partial charge in [-0.05, 0) is 28.1 Å². The average molecular weight is 302 g/mol. The molecule has 22 heavy (non-hydrogen) atoms. The van der Waals surface area contributed by atoms with Gasteiger partial charge in [0.15, 0.2) is 12.0 Å². The van der Waals surface area contributed by atoms with E-state index in [4.69, 9.17) is 4.42 Å². The van der Waals surface area contributed by atoms with Crippen LogP contribution in [0.15, 0.2) is 41.1 Å². The number of carbonyl (C=O) groups excluding carboxylic acids is 1. The maximum atomic E-state index is 12.1. The molecule has 1 aliphatic rings. The molecular weight excluding hydrogens is 288 g/mol. The van der Waals surface area contributed by atoms with Crippen molar-refractivity contribution in [1.82, 2.24) is 9.88 Å². The Morgan fingerprint density at radius 2 is 2.00 bits per heavy atom. The van der Waals surface area contributed by atoms with Crippen molar-refractivity contribution in [2.75, 3.05) is 31.1 Å². The van der Waals surface area contributed by atoms with Gasteiger partial charge in [-0.15, -0.1) is 0 Å². The molecule has 1 aliphatic heterocycles. The molecule has 0 atom stereocenters. The van der Waals surface area contributed by atoms with Crippen molar-refractivity contribution in [3.05, 3.63) is 52.6 Å². The molecule has 0 N–H and O–H groups in total. The first kappa shape index (κ1) is 14.1. The molecular formula is C14H14N4O4. The summed E-state index contributed by atoms with van der Waals surface area (Å²) in [7, 11) is 0. The predicted octanol–water partition coefficient (Wildman–Crippen LogP) is 1.55. The summed E-state index contributed by atoms with van der Waals surface area (Å²) in [6, 6.07) is 6.39. The molecule has 3 heterocycles. The molecule has 0 spiro atoms. The van der Waals surface area contributed by atoms with Gasteiger partial charge < -0.3 is 24.3 Å². The van der Waals surface area contributed by atoms with E-state index in [1.807, 2.05) is 4.90 Å². The number of carbonyl (C=O) groups is 1. The zero-order chi connectivity index (χ0) is 15.5. The molecule has 114 valence electrons. The minimum Gasteiger partial charge on any atom is -0.459 e. The zero-order valence-electron chi connectivity index (χ0n) is 11.7. The fourth-order valence-electron chi connectivity index (χ4n) is 2.40. The summed E-state index contributed by atoms with van der Waals surface area (Å²) in [4.78, 5) is 29.8. The molecule has 0 unspecified atom stereocenters. The Hall–Kier alpha value is -2.90.